The van der Waals surface area contributed by atoms with E-state index in [0.29, 0.717) is 5.92 Å². The van der Waals surface area contributed by atoms with E-state index >= 15 is 0 Å². The summed E-state index contributed by atoms with van der Waals surface area (Å²) in [6.07, 6.45) is 0.948. The first-order valence-corrected chi connectivity index (χ1v) is 5.49. The summed E-state index contributed by atoms with van der Waals surface area (Å²) in [6.45, 7) is 6.79. The van der Waals surface area contributed by atoms with E-state index in [4.69, 9.17) is 4.74 Å². The number of nitrogens with one attached hydrogen (secondary N) is 2. The van der Waals surface area contributed by atoms with Crippen LogP contribution < -0.4 is 5.32 Å². The van der Waals surface area contributed by atoms with Gasteiger partial charge in [-0.05, 0) is 5.92 Å². The number of morpholine rings is 1. The van der Waals surface area contributed by atoms with Crippen LogP contribution in [-0.2, 0) is 11.2 Å². The molecule has 2 heterocycles. The van der Waals surface area contributed by atoms with Crippen LogP contribution in [0, 0.1) is 5.92 Å². The SMILES string of the molecule is CC(C)Cc1nc(C2CNCCO2)n[nH]1. The largest absolute Gasteiger partial charge is 0.367 e. The number of hydrogen-bond acceptors (Lipinski definition) is 4. The minimum absolute atomic E-state index is 0.0101. The molecule has 1 aliphatic heterocycles. The zero-order valence-electron chi connectivity index (χ0n) is 9.29. The molecule has 1 saturated heterocycles. The van der Waals surface area contributed by atoms with Crippen LogP contribution in [0.1, 0.15) is 31.6 Å². The van der Waals surface area contributed by atoms with Crippen LogP contribution in [0.15, 0.2) is 0 Å². The van der Waals surface area contributed by atoms with Gasteiger partial charge in [-0.1, -0.05) is 13.8 Å². The summed E-state index contributed by atoms with van der Waals surface area (Å²) in [4.78, 5) is 4.44. The summed E-state index contributed by atoms with van der Waals surface area (Å²) in [7, 11) is 0. The molecule has 1 atom stereocenters. The van der Waals surface area contributed by atoms with Crippen molar-refractivity contribution in [3.8, 4) is 0 Å². The third kappa shape index (κ3) is 2.76. The van der Waals surface area contributed by atoms with E-state index in [-0.39, 0.29) is 6.10 Å². The lowest BCUT2D eigenvalue weighted by atomic mass is 10.1. The highest BCUT2D eigenvalue weighted by Gasteiger charge is 2.20. The average Bonchev–Trinajstić information content (AvgIpc) is 2.67. The Hall–Kier alpha value is -0.940. The Kier molecular flexibility index (Phi) is 3.33. The minimum atomic E-state index is 0.0101. The van der Waals surface area contributed by atoms with E-state index in [0.717, 1.165) is 37.8 Å². The van der Waals surface area contributed by atoms with Gasteiger partial charge in [0.15, 0.2) is 5.82 Å². The van der Waals surface area contributed by atoms with E-state index in [2.05, 4.69) is 34.3 Å². The summed E-state index contributed by atoms with van der Waals surface area (Å²) >= 11 is 0. The fraction of sp³-hybridized carbons (Fsp3) is 0.800. The van der Waals surface area contributed by atoms with Crippen LogP contribution in [0.25, 0.3) is 0 Å². The molecule has 0 radical (unpaired) electrons. The van der Waals surface area contributed by atoms with Gasteiger partial charge in [0.25, 0.3) is 0 Å². The van der Waals surface area contributed by atoms with E-state index in [1.807, 2.05) is 0 Å². The maximum atomic E-state index is 5.57. The molecule has 0 saturated carbocycles. The summed E-state index contributed by atoms with van der Waals surface area (Å²) in [5.41, 5.74) is 0. The Morgan fingerprint density at radius 2 is 2.40 bits per heavy atom. The van der Waals surface area contributed by atoms with Gasteiger partial charge in [0.1, 0.15) is 11.9 Å². The van der Waals surface area contributed by atoms with Crippen LogP contribution in [0.4, 0.5) is 0 Å². The molecule has 1 unspecified atom stereocenters. The van der Waals surface area contributed by atoms with Crippen molar-refractivity contribution in [1.82, 2.24) is 20.5 Å². The van der Waals surface area contributed by atoms with E-state index in [9.17, 15) is 0 Å². The quantitative estimate of drug-likeness (QED) is 0.769. The van der Waals surface area contributed by atoms with Crippen molar-refractivity contribution in [2.45, 2.75) is 26.4 Å². The van der Waals surface area contributed by atoms with Gasteiger partial charge in [-0.3, -0.25) is 5.10 Å². The van der Waals surface area contributed by atoms with Crippen LogP contribution in [-0.4, -0.2) is 34.9 Å². The number of aromatic nitrogens is 3. The fourth-order valence-corrected chi connectivity index (χ4v) is 1.66. The first-order valence-electron chi connectivity index (χ1n) is 5.49. The smallest absolute Gasteiger partial charge is 0.180 e. The zero-order chi connectivity index (χ0) is 10.7. The lowest BCUT2D eigenvalue weighted by molar-refractivity contribution is 0.0223. The monoisotopic (exact) mass is 210 g/mol. The number of nitrogens with zero attached hydrogens (tertiary/aromatic N) is 2. The van der Waals surface area contributed by atoms with Gasteiger partial charge in [0, 0.05) is 19.5 Å². The second kappa shape index (κ2) is 4.72. The molecule has 1 fully saturated rings. The van der Waals surface area contributed by atoms with Crippen molar-refractivity contribution in [3.05, 3.63) is 11.6 Å². The molecule has 5 nitrogen and oxygen atoms in total. The Bertz CT molecular complexity index is 304. The van der Waals surface area contributed by atoms with E-state index in [1.165, 1.54) is 0 Å². The average molecular weight is 210 g/mol. The van der Waals surface area contributed by atoms with Crippen molar-refractivity contribution in [1.29, 1.82) is 0 Å². The first kappa shape index (κ1) is 10.6. The first-order chi connectivity index (χ1) is 7.25. The number of ether oxygens (including phenoxy) is 1. The molecule has 0 aromatic carbocycles. The van der Waals surface area contributed by atoms with Crippen LogP contribution in [0.5, 0.6) is 0 Å². The second-order valence-electron chi connectivity index (χ2n) is 4.30. The molecule has 5 heteroatoms. The maximum absolute atomic E-state index is 5.57. The highest BCUT2D eigenvalue weighted by molar-refractivity contribution is 4.96. The zero-order valence-corrected chi connectivity index (χ0v) is 9.29. The summed E-state index contributed by atoms with van der Waals surface area (Å²) in [5, 5.41) is 10.4. The topological polar surface area (TPSA) is 62.8 Å². The number of H-pyrrole nitrogens is 1. The third-order valence-electron chi connectivity index (χ3n) is 2.37. The summed E-state index contributed by atoms with van der Waals surface area (Å²) < 4.78 is 5.57. The molecular weight excluding hydrogens is 192 g/mol. The fourth-order valence-electron chi connectivity index (χ4n) is 1.66. The van der Waals surface area contributed by atoms with Gasteiger partial charge >= 0.3 is 0 Å². The molecule has 1 aromatic rings. The summed E-state index contributed by atoms with van der Waals surface area (Å²) in [6, 6.07) is 0. The predicted molar refractivity (Wildman–Crippen MR) is 56.5 cm³/mol. The predicted octanol–water partition coefficient (Wildman–Crippen LogP) is 0.664. The van der Waals surface area contributed by atoms with Gasteiger partial charge in [-0.25, -0.2) is 4.98 Å². The minimum Gasteiger partial charge on any atom is -0.367 e. The number of hydrogen-bond donors (Lipinski definition) is 2. The van der Waals surface area contributed by atoms with Gasteiger partial charge in [-0.15, -0.1) is 0 Å². The van der Waals surface area contributed by atoms with Gasteiger partial charge < -0.3 is 10.1 Å². The summed E-state index contributed by atoms with van der Waals surface area (Å²) in [5.74, 6) is 2.32. The maximum Gasteiger partial charge on any atom is 0.180 e. The van der Waals surface area contributed by atoms with Crippen molar-refractivity contribution < 1.29 is 4.74 Å². The van der Waals surface area contributed by atoms with E-state index < -0.39 is 0 Å². The molecule has 0 bridgehead atoms. The Morgan fingerprint density at radius 1 is 1.53 bits per heavy atom. The highest BCUT2D eigenvalue weighted by atomic mass is 16.5. The van der Waals surface area contributed by atoms with Crippen molar-refractivity contribution >= 4 is 0 Å². The molecule has 0 aliphatic carbocycles. The van der Waals surface area contributed by atoms with Crippen molar-refractivity contribution in [3.63, 3.8) is 0 Å². The molecule has 0 spiro atoms. The van der Waals surface area contributed by atoms with Crippen molar-refractivity contribution in [2.24, 2.45) is 5.92 Å². The molecular formula is C10H18N4O. The van der Waals surface area contributed by atoms with Crippen LogP contribution in [0.3, 0.4) is 0 Å². The molecule has 1 aliphatic rings. The Labute approximate surface area is 89.6 Å². The Morgan fingerprint density at radius 3 is 3.07 bits per heavy atom. The van der Waals surface area contributed by atoms with E-state index in [1.54, 1.807) is 0 Å². The van der Waals surface area contributed by atoms with Gasteiger partial charge in [0.05, 0.1) is 6.61 Å². The van der Waals surface area contributed by atoms with Gasteiger partial charge in [0.2, 0.25) is 0 Å². The lowest BCUT2D eigenvalue weighted by Crippen LogP contribution is -2.33. The molecule has 84 valence electrons. The second-order valence-corrected chi connectivity index (χ2v) is 4.30. The van der Waals surface area contributed by atoms with Crippen LogP contribution in [0.2, 0.25) is 0 Å². The normalized spacial score (nSPS) is 22.2. The number of rotatable bonds is 3. The van der Waals surface area contributed by atoms with Crippen LogP contribution >= 0.6 is 0 Å². The standard InChI is InChI=1S/C10H18N4O/c1-7(2)5-9-12-10(14-13-9)8-6-11-3-4-15-8/h7-8,11H,3-6H2,1-2H3,(H,12,13,14). The highest BCUT2D eigenvalue weighted by Crippen LogP contribution is 2.14. The molecule has 1 aromatic heterocycles. The molecule has 15 heavy (non-hydrogen) atoms. The van der Waals surface area contributed by atoms with Crippen molar-refractivity contribution in [2.75, 3.05) is 19.7 Å². The molecule has 2 N–H and O–H groups in total. The number of aromatic amines is 1. The molecule has 0 amide bonds. The van der Waals surface area contributed by atoms with Gasteiger partial charge in [-0.2, -0.15) is 5.10 Å². The lowest BCUT2D eigenvalue weighted by Gasteiger charge is -2.20. The molecule has 2 rings (SSSR count). The third-order valence-corrected chi connectivity index (χ3v) is 2.37. The Balaban J connectivity index is 1.99.